The van der Waals surface area contributed by atoms with Crippen LogP contribution in [0.1, 0.15) is 244 Å². The monoisotopic (exact) mass is 1620 g/mol. The highest BCUT2D eigenvalue weighted by molar-refractivity contribution is 5.85. The Kier molecular flexibility index (Phi) is 74.3. The molecule has 656 valence electrons. The summed E-state index contributed by atoms with van der Waals surface area (Å²) in [6, 6.07) is -2.41. The lowest BCUT2D eigenvalue weighted by Crippen LogP contribution is -2.43. The lowest BCUT2D eigenvalue weighted by atomic mass is 10.0. The van der Waals surface area contributed by atoms with Crippen LogP contribution in [-0.2, 0) is 95.4 Å². The summed E-state index contributed by atoms with van der Waals surface area (Å²) < 4.78 is 42.6. The maximum atomic E-state index is 13.2. The number of aliphatic hydroxyl groups excluding tert-OH is 1. The van der Waals surface area contributed by atoms with E-state index in [1.54, 1.807) is 0 Å². The van der Waals surface area contributed by atoms with Crippen molar-refractivity contribution >= 4 is 71.1 Å². The van der Waals surface area contributed by atoms with Gasteiger partial charge in [-0.3, -0.25) is 58.2 Å². The van der Waals surface area contributed by atoms with Gasteiger partial charge in [-0.05, 0) is 70.9 Å². The Morgan fingerprint density at radius 3 is 0.912 bits per heavy atom. The lowest BCUT2D eigenvalue weighted by Gasteiger charge is -2.23. The summed E-state index contributed by atoms with van der Waals surface area (Å²) in [5.41, 5.74) is 4.97. The molecule has 0 aromatic heterocycles. The van der Waals surface area contributed by atoms with E-state index in [9.17, 15) is 72.9 Å². The predicted octanol–water partition coefficient (Wildman–Crippen LogP) is 4.53. The molecule has 1 unspecified atom stereocenters. The average Bonchev–Trinajstić information content (AvgIpc) is 0.932. The fourth-order valence-corrected chi connectivity index (χ4v) is 11.6. The number of nitrogens with one attached hydrogen (secondary N) is 8. The van der Waals surface area contributed by atoms with Crippen LogP contribution in [0.3, 0.4) is 0 Å². The van der Waals surface area contributed by atoms with Crippen molar-refractivity contribution in [2.24, 2.45) is 5.73 Å². The summed E-state index contributed by atoms with van der Waals surface area (Å²) >= 11 is 0. The van der Waals surface area contributed by atoms with Gasteiger partial charge in [0.15, 0.2) is 0 Å². The van der Waals surface area contributed by atoms with Gasteiger partial charge in [-0.15, -0.1) is 0 Å². The standard InChI is InChI=1S/C78H144N10O25/c79-66(89)60-110-55-51-107-48-42-83-72(95)62-112-57-53-109-50-44-85-74(97)63-113-58-54-108-49-43-84-73(96)61-111-56-52-106-47-41-82-71(94)59-88(45-29-39-80-67(90)37-35-64(77(102)103)86-69(92)31-25-21-17-13-9-5-1-3-7-11-15-19-23-27-33-75(98)99)46-30-40-81-68(91)38-36-65(78(104)105)87-70(93)32-26-22-18-14-10-6-2-4-8-12-16-20-24-28-34-76(100)101/h64-65,67,80,90H,1-63H2,(H2,79,89)(H,81,91)(H,82,94)(H,83,95)(H,84,96)(H,85,97)(H,86,92)(H,87,93)(H,98,99)(H,100,101)(H,102,103)(H,104,105)/t64-,65-,67?/m0/s1. The number of ether oxygens (including phenoxy) is 8. The van der Waals surface area contributed by atoms with Crippen LogP contribution in [0.5, 0.6) is 0 Å². The van der Waals surface area contributed by atoms with E-state index in [4.69, 9.17) is 53.8 Å². The Morgan fingerprint density at radius 1 is 0.283 bits per heavy atom. The molecule has 8 amide bonds. The van der Waals surface area contributed by atoms with Crippen LogP contribution in [0.15, 0.2) is 0 Å². The minimum Gasteiger partial charge on any atom is -0.481 e. The van der Waals surface area contributed by atoms with Crippen molar-refractivity contribution < 1.29 is 121 Å². The van der Waals surface area contributed by atoms with Gasteiger partial charge in [-0.25, -0.2) is 9.59 Å². The van der Waals surface area contributed by atoms with Gasteiger partial charge in [0.2, 0.25) is 47.3 Å². The van der Waals surface area contributed by atoms with E-state index in [0.717, 1.165) is 109 Å². The lowest BCUT2D eigenvalue weighted by molar-refractivity contribution is -0.142. The number of hydrogen-bond acceptors (Lipinski definition) is 23. The molecule has 35 heteroatoms. The maximum absolute atomic E-state index is 13.2. The molecule has 113 heavy (non-hydrogen) atoms. The Bertz CT molecular complexity index is 2480. The van der Waals surface area contributed by atoms with Crippen LogP contribution >= 0.6 is 0 Å². The van der Waals surface area contributed by atoms with Crippen LogP contribution in [0, 0.1) is 0 Å². The number of primary amides is 1. The van der Waals surface area contributed by atoms with Gasteiger partial charge in [0, 0.05) is 71.4 Å². The van der Waals surface area contributed by atoms with E-state index < -0.39 is 54.0 Å². The Hall–Kier alpha value is -6.80. The molecular weight excluding hydrogens is 1480 g/mol. The van der Waals surface area contributed by atoms with Gasteiger partial charge in [-0.1, -0.05) is 154 Å². The molecule has 0 bridgehead atoms. The number of unbranched alkanes of at least 4 members (excludes halogenated alkanes) is 26. The number of aliphatic hydroxyl groups is 1. The van der Waals surface area contributed by atoms with E-state index >= 15 is 0 Å². The molecule has 0 saturated carbocycles. The summed E-state index contributed by atoms with van der Waals surface area (Å²) in [4.78, 5) is 145. The van der Waals surface area contributed by atoms with Crippen molar-refractivity contribution in [1.82, 2.24) is 47.4 Å². The molecule has 15 N–H and O–H groups in total. The minimum absolute atomic E-state index is 0.00934. The highest BCUT2D eigenvalue weighted by Crippen LogP contribution is 2.17. The predicted molar refractivity (Wildman–Crippen MR) is 421 cm³/mol. The Morgan fingerprint density at radius 2 is 0.575 bits per heavy atom. The number of carboxylic acids is 4. The second-order valence-corrected chi connectivity index (χ2v) is 28.0. The number of carbonyl (C=O) groups excluding carboxylic acids is 8. The maximum Gasteiger partial charge on any atom is 0.326 e. The fraction of sp³-hybridized carbons (Fsp3) is 0.846. The number of aliphatic carboxylic acids is 4. The highest BCUT2D eigenvalue weighted by atomic mass is 16.5. The second-order valence-electron chi connectivity index (χ2n) is 28.0. The van der Waals surface area contributed by atoms with Gasteiger partial charge in [0.1, 0.15) is 44.7 Å². The number of carbonyl (C=O) groups is 12. The highest BCUT2D eigenvalue weighted by Gasteiger charge is 2.23. The van der Waals surface area contributed by atoms with E-state index in [-0.39, 0.29) is 232 Å². The number of nitrogens with zero attached hydrogens (tertiary/aromatic N) is 1. The molecule has 0 aliphatic carbocycles. The number of rotatable bonds is 87. The van der Waals surface area contributed by atoms with E-state index in [0.29, 0.717) is 45.3 Å². The number of hydrogen-bond donors (Lipinski definition) is 14. The molecule has 0 aliphatic rings. The normalized spacial score (nSPS) is 12.1. The Balaban J connectivity index is 4.74. The third kappa shape index (κ3) is 78.9. The first kappa shape index (κ1) is 106. The summed E-state index contributed by atoms with van der Waals surface area (Å²) in [5, 5.41) is 69.7. The van der Waals surface area contributed by atoms with Crippen molar-refractivity contribution in [3.63, 3.8) is 0 Å². The SMILES string of the molecule is NC(=O)COCCOCCNC(=O)COCCOCCNC(=O)COCCOCCNC(=O)COCCOCCNC(=O)CN(CCCNC(=O)CC[C@H](NC(=O)CCCCCCCCCCCCCCCCC(=O)O)C(=O)O)CCCNC(O)CC[C@H](NC(=O)CCCCCCCCCCCCCCCCC(=O)O)C(=O)O. The fourth-order valence-electron chi connectivity index (χ4n) is 11.6. The molecule has 0 aromatic rings. The quantitative estimate of drug-likeness (QED) is 0.0294. The molecule has 0 aromatic carbocycles. The zero-order valence-corrected chi connectivity index (χ0v) is 67.7. The minimum atomic E-state index is -1.24. The van der Waals surface area contributed by atoms with Crippen molar-refractivity contribution in [3.05, 3.63) is 0 Å². The van der Waals surface area contributed by atoms with E-state index in [2.05, 4.69) is 42.5 Å². The van der Waals surface area contributed by atoms with Crippen molar-refractivity contribution in [2.45, 2.75) is 262 Å². The number of carboxylic acid groups (broad SMARTS) is 4. The molecule has 0 heterocycles. The van der Waals surface area contributed by atoms with Gasteiger partial charge in [0.05, 0.1) is 85.8 Å². The van der Waals surface area contributed by atoms with E-state index in [1.165, 1.54) is 57.8 Å². The molecular formula is C78H144N10O25. The van der Waals surface area contributed by atoms with Gasteiger partial charge in [0.25, 0.3) is 0 Å². The van der Waals surface area contributed by atoms with Gasteiger partial charge in [-0.2, -0.15) is 0 Å². The topological polar surface area (TPSA) is 505 Å². The third-order valence-corrected chi connectivity index (χ3v) is 17.8. The van der Waals surface area contributed by atoms with Crippen molar-refractivity contribution in [1.29, 1.82) is 0 Å². The molecule has 0 aliphatic heterocycles. The summed E-state index contributed by atoms with van der Waals surface area (Å²) in [5.74, 6) is -6.95. The molecule has 3 atom stereocenters. The average molecular weight is 1620 g/mol. The smallest absolute Gasteiger partial charge is 0.326 e. The van der Waals surface area contributed by atoms with Gasteiger partial charge >= 0.3 is 23.9 Å². The van der Waals surface area contributed by atoms with Crippen LogP contribution in [0.2, 0.25) is 0 Å². The van der Waals surface area contributed by atoms with Crippen LogP contribution < -0.4 is 48.3 Å². The van der Waals surface area contributed by atoms with E-state index in [1.807, 2.05) is 4.90 Å². The summed E-state index contributed by atoms with van der Waals surface area (Å²) in [6.07, 6.45) is 29.6. The molecule has 0 rings (SSSR count). The van der Waals surface area contributed by atoms with Crippen LogP contribution in [-0.4, -0.2) is 284 Å². The van der Waals surface area contributed by atoms with Crippen molar-refractivity contribution in [2.75, 3.05) is 165 Å². The molecule has 0 spiro atoms. The Labute approximate surface area is 669 Å². The van der Waals surface area contributed by atoms with Crippen molar-refractivity contribution in [3.8, 4) is 0 Å². The number of amides is 8. The molecule has 0 saturated heterocycles. The third-order valence-electron chi connectivity index (χ3n) is 17.8. The molecule has 0 radical (unpaired) electrons. The second kappa shape index (κ2) is 79.1. The van der Waals surface area contributed by atoms with Crippen LogP contribution in [0.4, 0.5) is 0 Å². The van der Waals surface area contributed by atoms with Crippen LogP contribution in [0.25, 0.3) is 0 Å². The first-order chi connectivity index (χ1) is 54.7. The van der Waals surface area contributed by atoms with Gasteiger partial charge < -0.3 is 106 Å². The largest absolute Gasteiger partial charge is 0.481 e. The zero-order chi connectivity index (χ0) is 83.1. The summed E-state index contributed by atoms with van der Waals surface area (Å²) in [6.45, 7) is 3.63. The molecule has 35 nitrogen and oxygen atoms in total. The first-order valence-electron chi connectivity index (χ1n) is 41.5. The molecule has 0 fully saturated rings. The number of nitrogens with two attached hydrogens (primary N) is 1. The zero-order valence-electron chi connectivity index (χ0n) is 67.7. The summed E-state index contributed by atoms with van der Waals surface area (Å²) in [7, 11) is 0. The first-order valence-corrected chi connectivity index (χ1v) is 41.5.